The normalized spacial score (nSPS) is 12.6. The first-order chi connectivity index (χ1) is 27.4. The van der Waals surface area contributed by atoms with Gasteiger partial charge in [0.05, 0.1) is 23.5 Å². The summed E-state index contributed by atoms with van der Waals surface area (Å²) in [6, 6.07) is 6.00. The number of carbonyl (C=O) groups excluding carboxylic acids is 2. The molecule has 0 aliphatic carbocycles. The lowest BCUT2D eigenvalue weighted by Crippen LogP contribution is -2.40. The molecule has 0 aliphatic rings. The molecule has 0 bridgehead atoms. The van der Waals surface area contributed by atoms with Crippen molar-refractivity contribution >= 4 is 77.3 Å². The van der Waals surface area contributed by atoms with Gasteiger partial charge < -0.3 is 29.2 Å². The Kier molecular flexibility index (Phi) is 14.0. The van der Waals surface area contributed by atoms with Crippen molar-refractivity contribution in [3.05, 3.63) is 58.8 Å². The monoisotopic (exact) mass is 905 g/mol. The molecule has 6 aromatic rings. The van der Waals surface area contributed by atoms with Crippen LogP contribution in [0.2, 0.25) is 51.4 Å². The van der Waals surface area contributed by atoms with Crippen LogP contribution in [0.25, 0.3) is 44.7 Å². The van der Waals surface area contributed by atoms with Gasteiger partial charge in [-0.1, -0.05) is 39.3 Å². The Morgan fingerprint density at radius 3 is 1.71 bits per heavy atom. The molecule has 2 N–H and O–H groups in total. The van der Waals surface area contributed by atoms with E-state index < -0.39 is 16.1 Å². The summed E-state index contributed by atoms with van der Waals surface area (Å²) in [5.74, 6) is -0.358. The van der Waals surface area contributed by atoms with Gasteiger partial charge in [0.1, 0.15) is 40.5 Å². The number of nitrogens with one attached hydrogen (secondary N) is 2. The minimum atomic E-state index is -1.19. The fourth-order valence-electron chi connectivity index (χ4n) is 5.90. The van der Waals surface area contributed by atoms with Crippen molar-refractivity contribution in [1.29, 1.82) is 0 Å². The molecule has 18 heteroatoms. The van der Waals surface area contributed by atoms with Crippen LogP contribution in [0, 0.1) is 0 Å². The van der Waals surface area contributed by atoms with Crippen molar-refractivity contribution in [2.45, 2.75) is 117 Å². The van der Waals surface area contributed by atoms with Crippen LogP contribution >= 0.6 is 15.9 Å². The highest BCUT2D eigenvalue weighted by molar-refractivity contribution is 9.10. The summed E-state index contributed by atoms with van der Waals surface area (Å²) in [6.45, 7) is 27.7. The minimum Gasteiger partial charge on any atom is -0.361 e. The number of amides is 2. The van der Waals surface area contributed by atoms with Crippen LogP contribution in [0.15, 0.2) is 47.7 Å². The van der Waals surface area contributed by atoms with Gasteiger partial charge in [-0.25, -0.2) is 29.6 Å². The topological polar surface area (TPSA) is 169 Å². The highest BCUT2D eigenvalue weighted by Gasteiger charge is 2.25. The lowest BCUT2D eigenvalue weighted by Gasteiger charge is -2.20. The first-order valence-electron chi connectivity index (χ1n) is 19.8. The van der Waals surface area contributed by atoms with Crippen molar-refractivity contribution in [1.82, 2.24) is 54.5 Å². The van der Waals surface area contributed by atoms with Crippen molar-refractivity contribution in [3.63, 3.8) is 0 Å². The second-order valence-electron chi connectivity index (χ2n) is 19.3. The first kappa shape index (κ1) is 45.7. The predicted octanol–water partition coefficient (Wildman–Crippen LogP) is 8.26. The highest BCUT2D eigenvalue weighted by Crippen LogP contribution is 2.28. The van der Waals surface area contributed by atoms with Crippen LogP contribution < -0.4 is 10.6 Å². The summed E-state index contributed by atoms with van der Waals surface area (Å²) in [6.07, 6.45) is 8.61. The summed E-state index contributed by atoms with van der Waals surface area (Å²) >= 11 is 3.33. The van der Waals surface area contributed by atoms with Gasteiger partial charge in [0, 0.05) is 71.5 Å². The molecule has 6 rings (SSSR count). The molecule has 0 aromatic carbocycles. The molecule has 2 amide bonds. The summed E-state index contributed by atoms with van der Waals surface area (Å²) < 4.78 is 17.8. The van der Waals surface area contributed by atoms with Crippen molar-refractivity contribution in [2.24, 2.45) is 7.05 Å². The van der Waals surface area contributed by atoms with Gasteiger partial charge in [0.15, 0.2) is 16.9 Å². The van der Waals surface area contributed by atoms with E-state index in [2.05, 4.69) is 90.9 Å². The maximum atomic E-state index is 13.2. The number of ether oxygens (including phenoxy) is 2. The van der Waals surface area contributed by atoms with Crippen LogP contribution in [-0.4, -0.2) is 96.1 Å². The van der Waals surface area contributed by atoms with Crippen LogP contribution in [0.5, 0.6) is 0 Å². The smallest absolute Gasteiger partial charge is 0.255 e. The molecule has 6 aromatic heterocycles. The molecule has 0 fully saturated rings. The third kappa shape index (κ3) is 12.6. The fraction of sp³-hybridized carbons (Fsp3) is 0.512. The van der Waals surface area contributed by atoms with Crippen LogP contribution in [0.4, 0.5) is 0 Å². The Morgan fingerprint density at radius 1 is 0.729 bits per heavy atom. The Balaban J connectivity index is 0.000000236. The van der Waals surface area contributed by atoms with Crippen molar-refractivity contribution < 1.29 is 19.1 Å². The number of halogens is 1. The molecule has 0 aliphatic heterocycles. The number of fused-ring (bicyclic) bond motifs is 3. The number of aromatic nitrogens is 9. The van der Waals surface area contributed by atoms with Gasteiger partial charge in [-0.15, -0.1) is 0 Å². The maximum absolute atomic E-state index is 13.2. The molecule has 0 spiro atoms. The van der Waals surface area contributed by atoms with Crippen LogP contribution in [0.1, 0.15) is 62.3 Å². The average Bonchev–Trinajstić information content (AvgIpc) is 3.77. The largest absolute Gasteiger partial charge is 0.361 e. The Labute approximate surface area is 357 Å². The molecular formula is C41H60BrN11O4Si2. The van der Waals surface area contributed by atoms with E-state index in [1.54, 1.807) is 35.7 Å². The van der Waals surface area contributed by atoms with Gasteiger partial charge in [-0.2, -0.15) is 5.10 Å². The van der Waals surface area contributed by atoms with Crippen LogP contribution in [0.3, 0.4) is 0 Å². The molecule has 0 radical (unpaired) electrons. The predicted molar refractivity (Wildman–Crippen MR) is 243 cm³/mol. The zero-order valence-electron chi connectivity index (χ0n) is 36.8. The highest BCUT2D eigenvalue weighted by atomic mass is 79.9. The standard InChI is InChI=1S/C24H33N7O2Si.C17H27BrN4O2Si/c1-24(2,3)28-23(32)17-14-31(15-33-11-12-34(5,6)7)22-20(17)27-18(13-26-22)19-16-9-8-10-25-21(16)30(4)29-19;1-17(2,3)21-16(23)12-10-22(11-24-7-8-25(4,5)6)15-14(12)20-13(18)9-19-15/h8-10,13-14H,11-12,15H2,1-7H3,(H,28,32);9-10H,7-8,11H2,1-6H3,(H,21,23). The van der Waals surface area contributed by atoms with E-state index in [4.69, 9.17) is 14.5 Å². The molecular weight excluding hydrogens is 847 g/mol. The third-order valence-electron chi connectivity index (χ3n) is 8.86. The van der Waals surface area contributed by atoms with E-state index in [0.29, 0.717) is 76.1 Å². The Morgan fingerprint density at radius 2 is 1.22 bits per heavy atom. The zero-order valence-corrected chi connectivity index (χ0v) is 40.4. The minimum absolute atomic E-state index is 0.161. The van der Waals surface area contributed by atoms with E-state index in [0.717, 1.165) is 23.1 Å². The number of carbonyl (C=O) groups is 2. The Hall–Kier alpha value is -4.37. The van der Waals surface area contributed by atoms with E-state index in [9.17, 15) is 9.59 Å². The molecule has 0 atom stereocenters. The molecule has 318 valence electrons. The summed E-state index contributed by atoms with van der Waals surface area (Å²) in [4.78, 5) is 48.6. The summed E-state index contributed by atoms with van der Waals surface area (Å²) in [5.41, 5.74) is 4.66. The number of hydrogen-bond acceptors (Lipinski definition) is 10. The molecule has 6 heterocycles. The fourth-order valence-corrected chi connectivity index (χ4v) is 7.70. The summed E-state index contributed by atoms with van der Waals surface area (Å²) in [5, 5.41) is 11.5. The van der Waals surface area contributed by atoms with Gasteiger partial charge in [-0.3, -0.25) is 9.59 Å². The lowest BCUT2D eigenvalue weighted by molar-refractivity contribution is 0.0879. The van der Waals surface area contributed by atoms with Crippen molar-refractivity contribution in [3.8, 4) is 11.4 Å². The van der Waals surface area contributed by atoms with Gasteiger partial charge in [0.25, 0.3) is 11.8 Å². The molecule has 0 unspecified atom stereocenters. The van der Waals surface area contributed by atoms with Gasteiger partial charge >= 0.3 is 0 Å². The van der Waals surface area contributed by atoms with Crippen molar-refractivity contribution in [2.75, 3.05) is 13.2 Å². The molecule has 15 nitrogen and oxygen atoms in total. The van der Waals surface area contributed by atoms with E-state index in [1.807, 2.05) is 69.9 Å². The SMILES string of the molecule is CC(C)(C)NC(=O)c1cn(COCC[Si](C)(C)C)c2ncc(Br)nc12.Cn1nc(-c2cnc3c(n2)c(C(=O)NC(C)(C)C)cn3COCC[Si](C)(C)C)c2cccnc21. The van der Waals surface area contributed by atoms with E-state index >= 15 is 0 Å². The number of aryl methyl sites for hydroxylation is 1. The summed E-state index contributed by atoms with van der Waals surface area (Å²) in [7, 11) is -0.475. The van der Waals surface area contributed by atoms with E-state index in [1.165, 1.54) is 0 Å². The number of hydrogen-bond donors (Lipinski definition) is 2. The lowest BCUT2D eigenvalue weighted by atomic mass is 10.1. The third-order valence-corrected chi connectivity index (χ3v) is 12.7. The molecule has 59 heavy (non-hydrogen) atoms. The molecule has 0 saturated heterocycles. The Bertz CT molecular complexity index is 2430. The van der Waals surface area contributed by atoms with Gasteiger partial charge in [0.2, 0.25) is 0 Å². The zero-order chi connectivity index (χ0) is 43.5. The number of nitrogens with zero attached hydrogens (tertiary/aromatic N) is 9. The van der Waals surface area contributed by atoms with Crippen LogP contribution in [-0.2, 0) is 30.0 Å². The van der Waals surface area contributed by atoms with E-state index in [-0.39, 0.29) is 22.9 Å². The quantitative estimate of drug-likeness (QED) is 0.0851. The number of pyridine rings is 1. The number of rotatable bonds is 13. The maximum Gasteiger partial charge on any atom is 0.255 e. The first-order valence-corrected chi connectivity index (χ1v) is 28.1. The average molecular weight is 907 g/mol. The second kappa shape index (κ2) is 18.1. The second-order valence-corrected chi connectivity index (χ2v) is 31.3. The molecule has 0 saturated carbocycles. The van der Waals surface area contributed by atoms with Gasteiger partial charge in [-0.05, 0) is 81.7 Å².